The molecule has 1 N–H and O–H groups in total. The highest BCUT2D eigenvalue weighted by Gasteiger charge is 2.33. The van der Waals surface area contributed by atoms with Crippen LogP contribution in [0.15, 0.2) is 42.4 Å². The van der Waals surface area contributed by atoms with E-state index in [1.807, 2.05) is 13.8 Å². The number of benzene rings is 1. The summed E-state index contributed by atoms with van der Waals surface area (Å²) in [4.78, 5) is 21.9. The Balaban J connectivity index is 1.68. The highest BCUT2D eigenvalue weighted by Crippen LogP contribution is 2.26. The first-order valence-corrected chi connectivity index (χ1v) is 7.88. The number of hydrogen-bond acceptors (Lipinski definition) is 5. The molecule has 0 fully saturated rings. The van der Waals surface area contributed by atoms with Crippen LogP contribution in [0.4, 0.5) is 4.39 Å². The molecule has 0 bridgehead atoms. The molecule has 6 nitrogen and oxygen atoms in total. The third-order valence-corrected chi connectivity index (χ3v) is 3.92. The summed E-state index contributed by atoms with van der Waals surface area (Å²) in [6.07, 6.45) is 2.96. The van der Waals surface area contributed by atoms with Crippen LogP contribution < -0.4 is 4.74 Å². The molecule has 1 amide bonds. The van der Waals surface area contributed by atoms with Crippen molar-refractivity contribution in [3.8, 4) is 5.75 Å². The van der Waals surface area contributed by atoms with Gasteiger partial charge >= 0.3 is 0 Å². The fourth-order valence-electron chi connectivity index (χ4n) is 2.47. The van der Waals surface area contributed by atoms with Crippen LogP contribution in [0.5, 0.6) is 5.75 Å². The number of amides is 1. The number of aliphatic hydroxyl groups is 1. The van der Waals surface area contributed by atoms with Crippen molar-refractivity contribution in [2.45, 2.75) is 26.5 Å². The smallest absolute Gasteiger partial charge is 0.289 e. The minimum atomic E-state index is -0.412. The van der Waals surface area contributed by atoms with Crippen molar-refractivity contribution in [1.82, 2.24) is 14.9 Å². The van der Waals surface area contributed by atoms with Crippen molar-refractivity contribution in [1.29, 1.82) is 0 Å². The Labute approximate surface area is 144 Å². The lowest BCUT2D eigenvalue weighted by molar-refractivity contribution is -0.129. The topological polar surface area (TPSA) is 75.6 Å². The largest absolute Gasteiger partial charge is 0.503 e. The molecule has 1 aromatic heterocycles. The Bertz CT molecular complexity index is 801. The van der Waals surface area contributed by atoms with Gasteiger partial charge in [-0.1, -0.05) is 12.1 Å². The summed E-state index contributed by atoms with van der Waals surface area (Å²) in [7, 11) is 0. The van der Waals surface area contributed by atoms with E-state index in [-0.39, 0.29) is 30.8 Å². The van der Waals surface area contributed by atoms with Gasteiger partial charge in [0.2, 0.25) is 0 Å². The zero-order valence-electron chi connectivity index (χ0n) is 13.9. The van der Waals surface area contributed by atoms with Gasteiger partial charge in [-0.2, -0.15) is 0 Å². The molecule has 2 aromatic rings. The van der Waals surface area contributed by atoms with E-state index in [0.29, 0.717) is 17.1 Å². The monoisotopic (exact) mass is 343 g/mol. The fourth-order valence-corrected chi connectivity index (χ4v) is 2.47. The van der Waals surface area contributed by atoms with Gasteiger partial charge in [-0.3, -0.25) is 4.79 Å². The summed E-state index contributed by atoms with van der Waals surface area (Å²) in [6, 6.07) is 5.98. The lowest BCUT2D eigenvalue weighted by Gasteiger charge is -2.20. The van der Waals surface area contributed by atoms with E-state index in [9.17, 15) is 14.3 Å². The average Bonchev–Trinajstić information content (AvgIpc) is 2.91. The quantitative estimate of drug-likeness (QED) is 0.903. The maximum absolute atomic E-state index is 12.9. The van der Waals surface area contributed by atoms with Crippen molar-refractivity contribution in [3.63, 3.8) is 0 Å². The number of ether oxygens (including phenoxy) is 1. The van der Waals surface area contributed by atoms with Gasteiger partial charge in [0.05, 0.1) is 24.5 Å². The van der Waals surface area contributed by atoms with Gasteiger partial charge in [-0.05, 0) is 31.5 Å². The fraction of sp³-hybridized carbons (Fsp3) is 0.278. The maximum Gasteiger partial charge on any atom is 0.289 e. The van der Waals surface area contributed by atoms with Crippen molar-refractivity contribution in [2.24, 2.45) is 0 Å². The first-order valence-electron chi connectivity index (χ1n) is 7.88. The van der Waals surface area contributed by atoms with Crippen LogP contribution in [0.1, 0.15) is 25.2 Å². The summed E-state index contributed by atoms with van der Waals surface area (Å²) >= 11 is 0. The minimum Gasteiger partial charge on any atom is -0.503 e. The molecule has 25 heavy (non-hydrogen) atoms. The van der Waals surface area contributed by atoms with Crippen LogP contribution in [-0.2, 0) is 11.4 Å². The zero-order chi connectivity index (χ0) is 18.0. The van der Waals surface area contributed by atoms with Gasteiger partial charge in [-0.15, -0.1) is 0 Å². The molecule has 0 aliphatic carbocycles. The third-order valence-electron chi connectivity index (χ3n) is 3.92. The molecule has 0 saturated carbocycles. The maximum atomic E-state index is 12.9. The van der Waals surface area contributed by atoms with E-state index in [0.717, 1.165) is 5.56 Å². The van der Waals surface area contributed by atoms with Gasteiger partial charge in [-0.25, -0.2) is 14.4 Å². The molecule has 0 radical (unpaired) electrons. The predicted octanol–water partition coefficient (Wildman–Crippen LogP) is 2.71. The van der Waals surface area contributed by atoms with E-state index in [1.165, 1.54) is 24.5 Å². The molecule has 7 heteroatoms. The van der Waals surface area contributed by atoms with Crippen molar-refractivity contribution >= 4 is 11.5 Å². The molecule has 1 aromatic carbocycles. The molecule has 0 spiro atoms. The molecular formula is C18H18FN3O3. The van der Waals surface area contributed by atoms with Crippen molar-refractivity contribution in [3.05, 3.63) is 59.6 Å². The van der Waals surface area contributed by atoms with E-state index in [1.54, 1.807) is 17.0 Å². The molecule has 0 atom stereocenters. The van der Waals surface area contributed by atoms with Gasteiger partial charge in [0.25, 0.3) is 5.91 Å². The highest BCUT2D eigenvalue weighted by molar-refractivity contribution is 6.03. The van der Waals surface area contributed by atoms with E-state index < -0.39 is 5.91 Å². The lowest BCUT2D eigenvalue weighted by atomic mass is 10.2. The molecule has 0 saturated heterocycles. The number of carbonyl (C=O) groups is 1. The summed E-state index contributed by atoms with van der Waals surface area (Å²) in [5, 5.41) is 10.0. The van der Waals surface area contributed by atoms with E-state index in [2.05, 4.69) is 9.97 Å². The molecule has 2 heterocycles. The summed E-state index contributed by atoms with van der Waals surface area (Å²) in [5.41, 5.74) is 1.23. The predicted molar refractivity (Wildman–Crippen MR) is 89.2 cm³/mol. The second-order valence-corrected chi connectivity index (χ2v) is 6.01. The van der Waals surface area contributed by atoms with Crippen LogP contribution in [0.25, 0.3) is 5.57 Å². The third kappa shape index (κ3) is 3.60. The SMILES string of the molecule is CC(C)N1CC(c2ncc(OCc3ccc(F)cc3)cn2)=C(O)C1=O. The number of aliphatic hydroxyl groups excluding tert-OH is 1. The second-order valence-electron chi connectivity index (χ2n) is 6.01. The van der Waals surface area contributed by atoms with Gasteiger partial charge in [0.15, 0.2) is 17.3 Å². The van der Waals surface area contributed by atoms with E-state index in [4.69, 9.17) is 4.74 Å². The standard InChI is InChI=1S/C18H18FN3O3/c1-11(2)22-9-15(16(23)18(22)24)17-20-7-14(8-21-17)25-10-12-3-5-13(19)6-4-12/h3-8,11,23H,9-10H2,1-2H3. The normalized spacial score (nSPS) is 14.6. The number of hydrogen-bond donors (Lipinski definition) is 1. The van der Waals surface area contributed by atoms with Crippen LogP contribution in [0, 0.1) is 5.82 Å². The molecule has 3 rings (SSSR count). The Morgan fingerprint density at radius 2 is 1.88 bits per heavy atom. The molecule has 1 aliphatic heterocycles. The van der Waals surface area contributed by atoms with Gasteiger partial charge in [0.1, 0.15) is 12.4 Å². The number of aromatic nitrogens is 2. The zero-order valence-corrected chi connectivity index (χ0v) is 13.9. The number of carbonyl (C=O) groups excluding carboxylic acids is 1. The Hall–Kier alpha value is -2.96. The summed E-state index contributed by atoms with van der Waals surface area (Å²) < 4.78 is 18.4. The Kier molecular flexibility index (Phi) is 4.65. The van der Waals surface area contributed by atoms with Crippen LogP contribution in [0.2, 0.25) is 0 Å². The summed E-state index contributed by atoms with van der Waals surface area (Å²) in [5.74, 6) is -0.286. The Morgan fingerprint density at radius 3 is 2.44 bits per heavy atom. The van der Waals surface area contributed by atoms with Crippen LogP contribution >= 0.6 is 0 Å². The van der Waals surface area contributed by atoms with Crippen LogP contribution in [-0.4, -0.2) is 38.5 Å². The van der Waals surface area contributed by atoms with Crippen molar-refractivity contribution < 1.29 is 19.0 Å². The van der Waals surface area contributed by atoms with Gasteiger partial charge < -0.3 is 14.7 Å². The molecule has 1 aliphatic rings. The number of halogens is 1. The Morgan fingerprint density at radius 1 is 1.24 bits per heavy atom. The molecule has 0 unspecified atom stereocenters. The van der Waals surface area contributed by atoms with Crippen molar-refractivity contribution in [2.75, 3.05) is 6.54 Å². The van der Waals surface area contributed by atoms with Crippen LogP contribution in [0.3, 0.4) is 0 Å². The molecular weight excluding hydrogens is 325 g/mol. The number of nitrogens with zero attached hydrogens (tertiary/aromatic N) is 3. The molecule has 130 valence electrons. The first kappa shape index (κ1) is 16.9. The summed E-state index contributed by atoms with van der Waals surface area (Å²) in [6.45, 7) is 4.29. The minimum absolute atomic E-state index is 0.0227. The second kappa shape index (κ2) is 6.88. The van der Waals surface area contributed by atoms with E-state index >= 15 is 0 Å². The highest BCUT2D eigenvalue weighted by atomic mass is 19.1. The average molecular weight is 343 g/mol. The lowest BCUT2D eigenvalue weighted by Crippen LogP contribution is -2.33. The first-order chi connectivity index (χ1) is 12.0. The van der Waals surface area contributed by atoms with Gasteiger partial charge in [0, 0.05) is 6.04 Å². The number of rotatable bonds is 5.